The number of aryl methyl sites for hydroxylation is 1. The number of carbonyl (C=O) groups is 1. The quantitative estimate of drug-likeness (QED) is 0.609. The highest BCUT2D eigenvalue weighted by Gasteiger charge is 2.17. The first-order valence-electron chi connectivity index (χ1n) is 8.15. The van der Waals surface area contributed by atoms with Gasteiger partial charge in [-0.15, -0.1) is 0 Å². The van der Waals surface area contributed by atoms with Crippen molar-refractivity contribution in [3.63, 3.8) is 0 Å². The molecule has 2 N–H and O–H groups in total. The van der Waals surface area contributed by atoms with E-state index in [0.717, 1.165) is 36.9 Å². The van der Waals surface area contributed by atoms with Crippen LogP contribution in [-0.4, -0.2) is 42.9 Å². The van der Waals surface area contributed by atoms with Gasteiger partial charge in [0.25, 0.3) is 0 Å². The molecule has 1 aromatic rings. The number of likely N-dealkylation sites (tertiary alicyclic amines) is 1. The maximum Gasteiger partial charge on any atom is 0.241 e. The van der Waals surface area contributed by atoms with Crippen LogP contribution in [0.15, 0.2) is 27.7 Å². The Labute approximate surface area is 146 Å². The van der Waals surface area contributed by atoms with Gasteiger partial charge in [0.05, 0.1) is 13.1 Å². The monoisotopic (exact) mass is 380 g/mol. The lowest BCUT2D eigenvalue weighted by Crippen LogP contribution is -2.44. The molecule has 1 aromatic carbocycles. The Kier molecular flexibility index (Phi) is 6.89. The van der Waals surface area contributed by atoms with E-state index in [2.05, 4.69) is 50.6 Å². The standard InChI is InChI=1S/C17H25BrN4O/c1-3-19-17(21-12-16(23)22-8-4-5-9-22)20-11-14-6-7-15(18)10-13(14)2/h6-7,10H,3-5,8-9,11-12H2,1-2H3,(H2,19,20,21). The number of hydrogen-bond acceptors (Lipinski definition) is 2. The Morgan fingerprint density at radius 2 is 2.04 bits per heavy atom. The van der Waals surface area contributed by atoms with Gasteiger partial charge in [0.1, 0.15) is 0 Å². The van der Waals surface area contributed by atoms with E-state index in [4.69, 9.17) is 0 Å². The van der Waals surface area contributed by atoms with Gasteiger partial charge >= 0.3 is 0 Å². The minimum Gasteiger partial charge on any atom is -0.357 e. The molecule has 1 aliphatic rings. The summed E-state index contributed by atoms with van der Waals surface area (Å²) in [7, 11) is 0. The summed E-state index contributed by atoms with van der Waals surface area (Å²) in [5.74, 6) is 0.829. The number of halogens is 1. The minimum absolute atomic E-state index is 0.146. The number of nitrogens with one attached hydrogen (secondary N) is 2. The Morgan fingerprint density at radius 3 is 2.70 bits per heavy atom. The van der Waals surface area contributed by atoms with Crippen molar-refractivity contribution in [3.8, 4) is 0 Å². The summed E-state index contributed by atoms with van der Waals surface area (Å²) >= 11 is 3.47. The van der Waals surface area contributed by atoms with Gasteiger partial charge in [-0.25, -0.2) is 4.99 Å². The van der Waals surface area contributed by atoms with Gasteiger partial charge in [0, 0.05) is 24.1 Å². The third-order valence-electron chi connectivity index (χ3n) is 3.92. The molecule has 5 nitrogen and oxygen atoms in total. The zero-order valence-corrected chi connectivity index (χ0v) is 15.4. The summed E-state index contributed by atoms with van der Waals surface area (Å²) < 4.78 is 1.07. The van der Waals surface area contributed by atoms with Gasteiger partial charge in [-0.2, -0.15) is 0 Å². The zero-order chi connectivity index (χ0) is 16.7. The molecule has 1 aliphatic heterocycles. The molecular weight excluding hydrogens is 356 g/mol. The lowest BCUT2D eigenvalue weighted by Gasteiger charge is -2.17. The maximum absolute atomic E-state index is 12.1. The van der Waals surface area contributed by atoms with Gasteiger partial charge in [-0.3, -0.25) is 4.79 Å². The van der Waals surface area contributed by atoms with Crippen LogP contribution in [0.5, 0.6) is 0 Å². The van der Waals surface area contributed by atoms with Gasteiger partial charge in [0.2, 0.25) is 5.91 Å². The molecule has 0 radical (unpaired) electrons. The third-order valence-corrected chi connectivity index (χ3v) is 4.42. The molecular formula is C17H25BrN4O. The van der Waals surface area contributed by atoms with Crippen molar-refractivity contribution in [3.05, 3.63) is 33.8 Å². The normalized spacial score (nSPS) is 14.9. The van der Waals surface area contributed by atoms with E-state index in [1.165, 1.54) is 11.1 Å². The second kappa shape index (κ2) is 8.91. The number of rotatable bonds is 5. The number of carbonyl (C=O) groups excluding carboxylic acids is 1. The SMILES string of the molecule is CCNC(=NCc1ccc(Br)cc1C)NCC(=O)N1CCCC1. The molecule has 0 aromatic heterocycles. The number of nitrogens with zero attached hydrogens (tertiary/aromatic N) is 2. The number of guanidine groups is 1. The molecule has 0 unspecified atom stereocenters. The zero-order valence-electron chi connectivity index (χ0n) is 13.9. The molecule has 0 aliphatic carbocycles. The summed E-state index contributed by atoms with van der Waals surface area (Å²) in [6.45, 7) is 7.51. The van der Waals surface area contributed by atoms with Crippen molar-refractivity contribution in [1.82, 2.24) is 15.5 Å². The highest BCUT2D eigenvalue weighted by molar-refractivity contribution is 9.10. The average molecular weight is 381 g/mol. The number of benzene rings is 1. The number of aliphatic imine (C=N–C) groups is 1. The van der Waals surface area contributed by atoms with Crippen LogP contribution < -0.4 is 10.6 Å². The largest absolute Gasteiger partial charge is 0.357 e. The topological polar surface area (TPSA) is 56.7 Å². The Balaban J connectivity index is 1.92. The molecule has 2 rings (SSSR count). The molecule has 0 saturated carbocycles. The van der Waals surface area contributed by atoms with E-state index in [0.29, 0.717) is 19.0 Å². The van der Waals surface area contributed by atoms with Gasteiger partial charge in [-0.1, -0.05) is 22.0 Å². The van der Waals surface area contributed by atoms with Crippen LogP contribution in [0.2, 0.25) is 0 Å². The van der Waals surface area contributed by atoms with E-state index >= 15 is 0 Å². The van der Waals surface area contributed by atoms with E-state index in [-0.39, 0.29) is 5.91 Å². The number of amides is 1. The molecule has 23 heavy (non-hydrogen) atoms. The second-order valence-electron chi connectivity index (χ2n) is 5.71. The summed E-state index contributed by atoms with van der Waals surface area (Å²) in [5, 5.41) is 6.33. The highest BCUT2D eigenvalue weighted by atomic mass is 79.9. The predicted molar refractivity (Wildman–Crippen MR) is 97.5 cm³/mol. The molecule has 1 saturated heterocycles. The van der Waals surface area contributed by atoms with Crippen LogP contribution in [0.4, 0.5) is 0 Å². The Morgan fingerprint density at radius 1 is 1.30 bits per heavy atom. The molecule has 126 valence electrons. The number of hydrogen-bond donors (Lipinski definition) is 2. The first-order valence-corrected chi connectivity index (χ1v) is 8.94. The first-order chi connectivity index (χ1) is 11.1. The fourth-order valence-electron chi connectivity index (χ4n) is 2.58. The van der Waals surface area contributed by atoms with E-state index in [9.17, 15) is 4.79 Å². The molecule has 0 spiro atoms. The van der Waals surface area contributed by atoms with Crippen molar-refractivity contribution in [1.29, 1.82) is 0 Å². The van der Waals surface area contributed by atoms with Crippen LogP contribution >= 0.6 is 15.9 Å². The summed E-state index contributed by atoms with van der Waals surface area (Å²) in [4.78, 5) is 18.6. The predicted octanol–water partition coefficient (Wildman–Crippen LogP) is 2.44. The van der Waals surface area contributed by atoms with Crippen molar-refractivity contribution in [2.75, 3.05) is 26.2 Å². The van der Waals surface area contributed by atoms with Gasteiger partial charge < -0.3 is 15.5 Å². The maximum atomic E-state index is 12.1. The van der Waals surface area contributed by atoms with Crippen molar-refractivity contribution < 1.29 is 4.79 Å². The van der Waals surface area contributed by atoms with Crippen LogP contribution in [0, 0.1) is 6.92 Å². The third kappa shape index (κ3) is 5.53. The van der Waals surface area contributed by atoms with Gasteiger partial charge in [0.15, 0.2) is 5.96 Å². The second-order valence-corrected chi connectivity index (χ2v) is 6.62. The molecule has 1 fully saturated rings. The summed E-state index contributed by atoms with van der Waals surface area (Å²) in [6.07, 6.45) is 2.23. The fraction of sp³-hybridized carbons (Fsp3) is 0.529. The molecule has 0 atom stereocenters. The highest BCUT2D eigenvalue weighted by Crippen LogP contribution is 2.16. The van der Waals surface area contributed by atoms with E-state index in [1.54, 1.807) is 0 Å². The lowest BCUT2D eigenvalue weighted by molar-refractivity contribution is -0.128. The van der Waals surface area contributed by atoms with Crippen molar-refractivity contribution in [2.45, 2.75) is 33.2 Å². The fourth-order valence-corrected chi connectivity index (χ4v) is 3.06. The van der Waals surface area contributed by atoms with E-state index < -0.39 is 0 Å². The average Bonchev–Trinajstić information content (AvgIpc) is 3.05. The van der Waals surface area contributed by atoms with Crippen molar-refractivity contribution in [2.24, 2.45) is 4.99 Å². The Bertz CT molecular complexity index is 568. The van der Waals surface area contributed by atoms with Crippen LogP contribution in [0.1, 0.15) is 30.9 Å². The van der Waals surface area contributed by atoms with Gasteiger partial charge in [-0.05, 0) is 49.9 Å². The van der Waals surface area contributed by atoms with E-state index in [1.807, 2.05) is 17.9 Å². The molecule has 0 bridgehead atoms. The summed E-state index contributed by atoms with van der Waals surface area (Å²) in [6, 6.07) is 6.18. The molecule has 6 heteroatoms. The minimum atomic E-state index is 0.146. The molecule has 1 heterocycles. The smallest absolute Gasteiger partial charge is 0.241 e. The molecule has 1 amide bonds. The first kappa shape index (κ1) is 17.8. The van der Waals surface area contributed by atoms with Crippen LogP contribution in [0.25, 0.3) is 0 Å². The summed E-state index contributed by atoms with van der Waals surface area (Å²) in [5.41, 5.74) is 2.38. The lowest BCUT2D eigenvalue weighted by atomic mass is 10.1. The van der Waals surface area contributed by atoms with Crippen molar-refractivity contribution >= 4 is 27.8 Å². The Hall–Kier alpha value is -1.56. The van der Waals surface area contributed by atoms with Crippen LogP contribution in [-0.2, 0) is 11.3 Å². The van der Waals surface area contributed by atoms with Crippen LogP contribution in [0.3, 0.4) is 0 Å².